The van der Waals surface area contributed by atoms with Crippen LogP contribution in [0.5, 0.6) is 0 Å². The molecule has 4 aliphatic carbocycles. The maximum atomic E-state index is 13.5. The molecule has 1 saturated heterocycles. The predicted molar refractivity (Wildman–Crippen MR) is 126 cm³/mol. The molecule has 0 spiro atoms. The Hall–Kier alpha value is -2.30. The first kappa shape index (κ1) is 23.8. The fourth-order valence-corrected chi connectivity index (χ4v) is 6.48. The maximum Gasteiger partial charge on any atom is 0.255 e. The van der Waals surface area contributed by atoms with Gasteiger partial charge in [0.2, 0.25) is 0 Å². The number of nitriles is 1. The van der Waals surface area contributed by atoms with Crippen molar-refractivity contribution in [3.63, 3.8) is 0 Å². The fourth-order valence-electron chi connectivity index (χ4n) is 6.48. The van der Waals surface area contributed by atoms with E-state index in [1.54, 1.807) is 6.08 Å². The van der Waals surface area contributed by atoms with Crippen LogP contribution in [0.4, 0.5) is 0 Å². The summed E-state index contributed by atoms with van der Waals surface area (Å²) < 4.78 is 5.51. The summed E-state index contributed by atoms with van der Waals surface area (Å²) in [6.07, 6.45) is 10.6. The van der Waals surface area contributed by atoms with Crippen LogP contribution in [-0.4, -0.2) is 53.9 Å². The van der Waals surface area contributed by atoms with Crippen LogP contribution in [-0.2, 0) is 9.53 Å². The van der Waals surface area contributed by atoms with E-state index in [9.17, 15) is 9.90 Å². The largest absolute Gasteiger partial charge is 0.390 e. The van der Waals surface area contributed by atoms with E-state index in [1.807, 2.05) is 26.1 Å². The van der Waals surface area contributed by atoms with Crippen molar-refractivity contribution >= 4 is 5.91 Å². The van der Waals surface area contributed by atoms with Crippen LogP contribution >= 0.6 is 0 Å². The lowest BCUT2D eigenvalue weighted by Crippen LogP contribution is -2.61. The molecule has 0 aromatic carbocycles. The van der Waals surface area contributed by atoms with Crippen molar-refractivity contribution in [3.05, 3.63) is 36.3 Å². The van der Waals surface area contributed by atoms with Crippen molar-refractivity contribution in [2.75, 3.05) is 26.3 Å². The quantitative estimate of drug-likeness (QED) is 0.385. The smallest absolute Gasteiger partial charge is 0.255 e. The zero-order valence-electron chi connectivity index (χ0n) is 20.0. The van der Waals surface area contributed by atoms with Crippen LogP contribution in [0, 0.1) is 34.5 Å². The van der Waals surface area contributed by atoms with Gasteiger partial charge in [-0.3, -0.25) is 4.79 Å². The van der Waals surface area contributed by atoms with Gasteiger partial charge in [-0.2, -0.15) is 5.26 Å². The molecule has 0 aromatic rings. The SMILES string of the molecule is C=C/C(C(=O)NC1C2CC3CC1CC(O)(C3)C2)=C(\N/C=C/C(C)(C)CC#N)N1CCOCC1. The number of morpholine rings is 1. The molecule has 1 amide bonds. The number of nitrogens with one attached hydrogen (secondary N) is 2. The maximum absolute atomic E-state index is 13.5. The van der Waals surface area contributed by atoms with Crippen LogP contribution in [0.25, 0.3) is 0 Å². The second kappa shape index (κ2) is 9.52. The molecule has 7 nitrogen and oxygen atoms in total. The third-order valence-electron chi connectivity index (χ3n) is 7.86. The molecule has 33 heavy (non-hydrogen) atoms. The van der Waals surface area contributed by atoms with Crippen molar-refractivity contribution in [2.45, 2.75) is 64.0 Å². The van der Waals surface area contributed by atoms with Gasteiger partial charge in [-0.1, -0.05) is 32.6 Å². The highest BCUT2D eigenvalue weighted by Gasteiger charge is 2.55. The fraction of sp³-hybridized carbons (Fsp3) is 0.692. The molecule has 1 aliphatic heterocycles. The van der Waals surface area contributed by atoms with Crippen LogP contribution in [0.3, 0.4) is 0 Å². The summed E-state index contributed by atoms with van der Waals surface area (Å²) in [4.78, 5) is 15.7. The minimum absolute atomic E-state index is 0.111. The molecule has 2 atom stereocenters. The first-order valence-electron chi connectivity index (χ1n) is 12.3. The number of ether oxygens (including phenoxy) is 1. The molecule has 180 valence electrons. The summed E-state index contributed by atoms with van der Waals surface area (Å²) in [5, 5.41) is 26.6. The lowest BCUT2D eigenvalue weighted by atomic mass is 9.52. The van der Waals surface area contributed by atoms with E-state index in [0.717, 1.165) is 37.9 Å². The molecular formula is C26H38N4O3. The van der Waals surface area contributed by atoms with Gasteiger partial charge in [-0.05, 0) is 61.5 Å². The molecule has 4 saturated carbocycles. The highest BCUT2D eigenvalue weighted by atomic mass is 16.5. The van der Waals surface area contributed by atoms with E-state index in [0.29, 0.717) is 56.1 Å². The Morgan fingerprint density at radius 3 is 2.52 bits per heavy atom. The molecule has 3 N–H and O–H groups in total. The molecule has 4 bridgehead atoms. The van der Waals surface area contributed by atoms with Crippen molar-refractivity contribution in [1.29, 1.82) is 5.26 Å². The van der Waals surface area contributed by atoms with Crippen molar-refractivity contribution < 1.29 is 14.6 Å². The van der Waals surface area contributed by atoms with E-state index in [4.69, 9.17) is 10.00 Å². The Bertz CT molecular complexity index is 849. The number of hydrogen-bond acceptors (Lipinski definition) is 6. The summed E-state index contributed by atoms with van der Waals surface area (Å²) in [5.74, 6) is 1.90. The average molecular weight is 455 g/mol. The number of carbonyl (C=O) groups excluding carboxylic acids is 1. The lowest BCUT2D eigenvalue weighted by molar-refractivity contribution is -0.145. The highest BCUT2D eigenvalue weighted by Crippen LogP contribution is 2.55. The first-order valence-corrected chi connectivity index (χ1v) is 12.3. The van der Waals surface area contributed by atoms with Gasteiger partial charge in [0.05, 0.1) is 30.5 Å². The van der Waals surface area contributed by atoms with Crippen molar-refractivity contribution in [2.24, 2.45) is 23.2 Å². The summed E-state index contributed by atoms with van der Waals surface area (Å²) in [6.45, 7) is 10.6. The molecule has 1 heterocycles. The summed E-state index contributed by atoms with van der Waals surface area (Å²) >= 11 is 0. The van der Waals surface area contributed by atoms with Gasteiger partial charge in [0, 0.05) is 25.6 Å². The minimum atomic E-state index is -0.517. The summed E-state index contributed by atoms with van der Waals surface area (Å²) in [5.41, 5.74) is -0.266. The summed E-state index contributed by atoms with van der Waals surface area (Å²) in [6, 6.07) is 2.33. The highest BCUT2D eigenvalue weighted by molar-refractivity contribution is 5.97. The Morgan fingerprint density at radius 1 is 1.27 bits per heavy atom. The van der Waals surface area contributed by atoms with Crippen LogP contribution in [0.2, 0.25) is 0 Å². The van der Waals surface area contributed by atoms with Gasteiger partial charge in [0.1, 0.15) is 5.82 Å². The minimum Gasteiger partial charge on any atom is -0.390 e. The molecular weight excluding hydrogens is 416 g/mol. The Labute approximate surface area is 197 Å². The monoisotopic (exact) mass is 454 g/mol. The first-order chi connectivity index (χ1) is 15.7. The van der Waals surface area contributed by atoms with Gasteiger partial charge in [-0.25, -0.2) is 0 Å². The van der Waals surface area contributed by atoms with Crippen molar-refractivity contribution in [1.82, 2.24) is 15.5 Å². The number of carbonyl (C=O) groups is 1. The number of allylic oxidation sites excluding steroid dienone is 1. The average Bonchev–Trinajstić information content (AvgIpc) is 2.75. The van der Waals surface area contributed by atoms with E-state index in [-0.39, 0.29) is 17.4 Å². The van der Waals surface area contributed by atoms with E-state index < -0.39 is 5.60 Å². The van der Waals surface area contributed by atoms with Gasteiger partial charge in [-0.15, -0.1) is 0 Å². The number of amides is 1. The van der Waals surface area contributed by atoms with E-state index in [2.05, 4.69) is 28.2 Å². The molecule has 5 rings (SSSR count). The topological polar surface area (TPSA) is 97.6 Å². The second-order valence-electron chi connectivity index (χ2n) is 11.1. The number of rotatable bonds is 8. The summed E-state index contributed by atoms with van der Waals surface area (Å²) in [7, 11) is 0. The third kappa shape index (κ3) is 5.28. The van der Waals surface area contributed by atoms with Crippen LogP contribution in [0.1, 0.15) is 52.4 Å². The zero-order valence-corrected chi connectivity index (χ0v) is 20.0. The standard InChI is InChI=1S/C26H38N4O3/c1-4-21(23(30-9-11-33-12-10-30)28-8-6-25(2,3)5-7-27)24(31)29-22-19-13-18-14-20(22)17-26(32,15-18)16-19/h4,6,8,18-20,22,28,32H,1,5,9-17H2,2-3H3,(H,29,31)/b8-6+,23-21-. The van der Waals surface area contributed by atoms with Crippen molar-refractivity contribution in [3.8, 4) is 6.07 Å². The molecule has 7 heteroatoms. The Kier molecular flexibility index (Phi) is 6.88. The number of nitrogens with zero attached hydrogens (tertiary/aromatic N) is 2. The number of aliphatic hydroxyl groups is 1. The van der Waals surface area contributed by atoms with Gasteiger partial charge >= 0.3 is 0 Å². The zero-order chi connectivity index (χ0) is 23.6. The Morgan fingerprint density at radius 2 is 1.94 bits per heavy atom. The molecule has 2 unspecified atom stereocenters. The van der Waals surface area contributed by atoms with Gasteiger partial charge in [0.25, 0.3) is 5.91 Å². The lowest BCUT2D eigenvalue weighted by Gasteiger charge is -2.58. The van der Waals surface area contributed by atoms with Gasteiger partial charge in [0.15, 0.2) is 0 Å². The predicted octanol–water partition coefficient (Wildman–Crippen LogP) is 2.82. The van der Waals surface area contributed by atoms with Crippen LogP contribution in [0.15, 0.2) is 36.3 Å². The third-order valence-corrected chi connectivity index (χ3v) is 7.86. The molecule has 5 fully saturated rings. The normalized spacial score (nSPS) is 34.1. The second-order valence-corrected chi connectivity index (χ2v) is 11.1. The van der Waals surface area contributed by atoms with E-state index >= 15 is 0 Å². The molecule has 0 radical (unpaired) electrons. The molecule has 5 aliphatic rings. The van der Waals surface area contributed by atoms with E-state index in [1.165, 1.54) is 0 Å². The molecule has 0 aromatic heterocycles. The van der Waals surface area contributed by atoms with Gasteiger partial charge < -0.3 is 25.4 Å². The van der Waals surface area contributed by atoms with Crippen LogP contribution < -0.4 is 10.6 Å². The number of hydrogen-bond donors (Lipinski definition) is 3. The Balaban J connectivity index is 1.54.